The molecule has 1 heterocycles. The predicted octanol–water partition coefficient (Wildman–Crippen LogP) is 5.39. The molecule has 3 nitrogen and oxygen atoms in total. The van der Waals surface area contributed by atoms with E-state index in [1.165, 1.54) is 6.07 Å². The summed E-state index contributed by atoms with van der Waals surface area (Å²) in [5, 5.41) is 4.26. The van der Waals surface area contributed by atoms with E-state index in [-0.39, 0.29) is 17.6 Å². The molecule has 1 fully saturated rings. The van der Waals surface area contributed by atoms with Gasteiger partial charge in [0.05, 0.1) is 5.92 Å². The second-order valence-electron chi connectivity index (χ2n) is 7.21. The summed E-state index contributed by atoms with van der Waals surface area (Å²) in [4.78, 5) is 14.7. The van der Waals surface area contributed by atoms with Crippen LogP contribution in [-0.4, -0.2) is 36.2 Å². The van der Waals surface area contributed by atoms with Gasteiger partial charge in [0.2, 0.25) is 5.91 Å². The van der Waals surface area contributed by atoms with Crippen molar-refractivity contribution in [2.45, 2.75) is 25.1 Å². The minimum absolute atomic E-state index is 0.0668. The highest BCUT2D eigenvalue weighted by molar-refractivity contribution is 7.98. The maximum absolute atomic E-state index is 14.0. The number of carbonyl (C=O) groups excluding carboxylic acids is 1. The molecule has 0 saturated carbocycles. The molecule has 2 aromatic rings. The summed E-state index contributed by atoms with van der Waals surface area (Å²) < 4.78 is 14.0. The molecule has 1 saturated heterocycles. The summed E-state index contributed by atoms with van der Waals surface area (Å²) >= 11 is 14.1. The fourth-order valence-electron chi connectivity index (χ4n) is 3.51. The highest BCUT2D eigenvalue weighted by atomic mass is 35.5. The second kappa shape index (κ2) is 11.2. The fourth-order valence-corrected chi connectivity index (χ4v) is 4.88. The Morgan fingerprint density at radius 1 is 1.17 bits per heavy atom. The standard InChI is InChI=1S/C22H25Cl2FN2OS/c23-19-7-2-1-5-17(19)15-29-12-10-26-22(28)16-6-4-11-27(13-16)14-18-20(24)8-3-9-21(18)25/h1-3,5,7-9,16H,4,6,10-15H2,(H,26,28). The third-order valence-corrected chi connectivity index (χ3v) is 6.81. The van der Waals surface area contributed by atoms with Crippen LogP contribution in [0.4, 0.5) is 4.39 Å². The van der Waals surface area contributed by atoms with E-state index in [0.717, 1.165) is 41.5 Å². The highest BCUT2D eigenvalue weighted by Crippen LogP contribution is 2.24. The van der Waals surface area contributed by atoms with Crippen LogP contribution in [0.2, 0.25) is 10.0 Å². The molecule has 1 amide bonds. The van der Waals surface area contributed by atoms with E-state index >= 15 is 0 Å². The van der Waals surface area contributed by atoms with Crippen LogP contribution in [0.1, 0.15) is 24.0 Å². The third kappa shape index (κ3) is 6.61. The topological polar surface area (TPSA) is 32.3 Å². The number of likely N-dealkylation sites (tertiary alicyclic amines) is 1. The van der Waals surface area contributed by atoms with Crippen molar-refractivity contribution >= 4 is 40.9 Å². The van der Waals surface area contributed by atoms with E-state index in [4.69, 9.17) is 23.2 Å². The van der Waals surface area contributed by atoms with E-state index in [9.17, 15) is 9.18 Å². The average Bonchev–Trinajstić information content (AvgIpc) is 2.72. The normalized spacial score (nSPS) is 17.3. The van der Waals surface area contributed by atoms with Gasteiger partial charge in [0.15, 0.2) is 0 Å². The molecule has 1 aliphatic heterocycles. The molecule has 0 radical (unpaired) electrons. The van der Waals surface area contributed by atoms with Crippen LogP contribution >= 0.6 is 35.0 Å². The highest BCUT2D eigenvalue weighted by Gasteiger charge is 2.26. The van der Waals surface area contributed by atoms with Crippen molar-refractivity contribution in [2.75, 3.05) is 25.4 Å². The van der Waals surface area contributed by atoms with Crippen molar-refractivity contribution in [1.29, 1.82) is 0 Å². The molecule has 1 atom stereocenters. The lowest BCUT2D eigenvalue weighted by Gasteiger charge is -2.32. The van der Waals surface area contributed by atoms with E-state index in [0.29, 0.717) is 30.2 Å². The molecule has 0 spiro atoms. The zero-order chi connectivity index (χ0) is 20.6. The van der Waals surface area contributed by atoms with Gasteiger partial charge in [-0.3, -0.25) is 9.69 Å². The largest absolute Gasteiger partial charge is 0.355 e. The number of nitrogens with zero attached hydrogens (tertiary/aromatic N) is 1. The molecule has 0 aromatic heterocycles. The average molecular weight is 455 g/mol. The SMILES string of the molecule is O=C(NCCSCc1ccccc1Cl)C1CCCN(Cc2c(F)cccc2Cl)C1. The van der Waals surface area contributed by atoms with E-state index in [1.807, 2.05) is 24.3 Å². The molecular formula is C22H25Cl2FN2OS. The molecule has 1 N–H and O–H groups in total. The molecular weight excluding hydrogens is 430 g/mol. The number of piperidine rings is 1. The Kier molecular flexibility index (Phi) is 8.67. The summed E-state index contributed by atoms with van der Waals surface area (Å²) in [7, 11) is 0. The summed E-state index contributed by atoms with van der Waals surface area (Å²) in [6.07, 6.45) is 1.78. The zero-order valence-corrected chi connectivity index (χ0v) is 18.5. The molecule has 7 heteroatoms. The Balaban J connectivity index is 1.41. The van der Waals surface area contributed by atoms with Crippen LogP contribution in [0.5, 0.6) is 0 Å². The lowest BCUT2D eigenvalue weighted by molar-refractivity contribution is -0.126. The van der Waals surface area contributed by atoms with Gasteiger partial charge < -0.3 is 5.32 Å². The van der Waals surface area contributed by atoms with Crippen LogP contribution in [-0.2, 0) is 17.1 Å². The van der Waals surface area contributed by atoms with Gasteiger partial charge in [0.25, 0.3) is 0 Å². The smallest absolute Gasteiger partial charge is 0.224 e. The summed E-state index contributed by atoms with van der Waals surface area (Å²) in [5.41, 5.74) is 1.62. The Labute approximate surface area is 185 Å². The first kappa shape index (κ1) is 22.4. The van der Waals surface area contributed by atoms with Crippen LogP contribution in [0.15, 0.2) is 42.5 Å². The molecule has 1 unspecified atom stereocenters. The molecule has 1 aliphatic rings. The van der Waals surface area contributed by atoms with Gasteiger partial charge in [-0.2, -0.15) is 11.8 Å². The number of hydrogen-bond acceptors (Lipinski definition) is 3. The van der Waals surface area contributed by atoms with Crippen LogP contribution in [0.25, 0.3) is 0 Å². The van der Waals surface area contributed by atoms with E-state index in [1.54, 1.807) is 23.9 Å². The van der Waals surface area contributed by atoms with Crippen molar-refractivity contribution in [3.63, 3.8) is 0 Å². The van der Waals surface area contributed by atoms with Crippen LogP contribution in [0.3, 0.4) is 0 Å². The number of nitrogens with one attached hydrogen (secondary N) is 1. The monoisotopic (exact) mass is 454 g/mol. The predicted molar refractivity (Wildman–Crippen MR) is 120 cm³/mol. The van der Waals surface area contributed by atoms with Crippen molar-refractivity contribution < 1.29 is 9.18 Å². The minimum Gasteiger partial charge on any atom is -0.355 e. The third-order valence-electron chi connectivity index (χ3n) is 5.08. The van der Waals surface area contributed by atoms with Gasteiger partial charge in [0.1, 0.15) is 5.82 Å². The first-order valence-corrected chi connectivity index (χ1v) is 11.7. The first-order chi connectivity index (χ1) is 14.0. The molecule has 0 bridgehead atoms. The lowest BCUT2D eigenvalue weighted by atomic mass is 9.96. The maximum atomic E-state index is 14.0. The molecule has 156 valence electrons. The number of hydrogen-bond donors (Lipinski definition) is 1. The number of carbonyl (C=O) groups is 1. The van der Waals surface area contributed by atoms with E-state index in [2.05, 4.69) is 10.2 Å². The number of halogens is 3. The van der Waals surface area contributed by atoms with Crippen LogP contribution in [0, 0.1) is 11.7 Å². The lowest BCUT2D eigenvalue weighted by Crippen LogP contribution is -2.43. The molecule has 2 aromatic carbocycles. The number of benzene rings is 2. The van der Waals surface area contributed by atoms with Crippen molar-refractivity contribution in [3.05, 3.63) is 69.5 Å². The van der Waals surface area contributed by atoms with Gasteiger partial charge in [-0.25, -0.2) is 4.39 Å². The number of thioether (sulfide) groups is 1. The van der Waals surface area contributed by atoms with Gasteiger partial charge in [0, 0.05) is 46.7 Å². The minimum atomic E-state index is -0.292. The molecule has 3 rings (SSSR count). The van der Waals surface area contributed by atoms with Crippen molar-refractivity contribution in [1.82, 2.24) is 10.2 Å². The maximum Gasteiger partial charge on any atom is 0.224 e. The zero-order valence-electron chi connectivity index (χ0n) is 16.2. The Morgan fingerprint density at radius 3 is 2.76 bits per heavy atom. The van der Waals surface area contributed by atoms with Crippen molar-refractivity contribution in [3.8, 4) is 0 Å². The van der Waals surface area contributed by atoms with Gasteiger partial charge in [-0.1, -0.05) is 47.5 Å². The van der Waals surface area contributed by atoms with Gasteiger partial charge in [-0.05, 0) is 43.1 Å². The summed E-state index contributed by atoms with van der Waals surface area (Å²) in [6.45, 7) is 2.54. The van der Waals surface area contributed by atoms with Gasteiger partial charge in [-0.15, -0.1) is 0 Å². The Hall–Kier alpha value is -1.27. The van der Waals surface area contributed by atoms with Gasteiger partial charge >= 0.3 is 0 Å². The number of rotatable bonds is 8. The Bertz CT molecular complexity index is 816. The molecule has 29 heavy (non-hydrogen) atoms. The first-order valence-electron chi connectivity index (χ1n) is 9.78. The van der Waals surface area contributed by atoms with Crippen LogP contribution < -0.4 is 5.32 Å². The summed E-state index contributed by atoms with van der Waals surface area (Å²) in [5.74, 6) is 1.38. The quantitative estimate of drug-likeness (QED) is 0.542. The van der Waals surface area contributed by atoms with Crippen molar-refractivity contribution in [2.24, 2.45) is 5.92 Å². The Morgan fingerprint density at radius 2 is 1.97 bits per heavy atom. The van der Waals surface area contributed by atoms with E-state index < -0.39 is 0 Å². The number of amides is 1. The second-order valence-corrected chi connectivity index (χ2v) is 9.13. The fraction of sp³-hybridized carbons (Fsp3) is 0.409. The summed E-state index contributed by atoms with van der Waals surface area (Å²) in [6, 6.07) is 12.5. The molecule has 0 aliphatic carbocycles.